The van der Waals surface area contributed by atoms with Crippen molar-refractivity contribution in [2.75, 3.05) is 13.2 Å². The van der Waals surface area contributed by atoms with Gasteiger partial charge in [0.25, 0.3) is 0 Å². The minimum atomic E-state index is -0.683. The van der Waals surface area contributed by atoms with E-state index >= 15 is 0 Å². The average Bonchev–Trinajstić information content (AvgIpc) is 2.14. The Morgan fingerprint density at radius 3 is 2.86 bits per heavy atom. The summed E-state index contributed by atoms with van der Waals surface area (Å²) in [7, 11) is 0. The van der Waals surface area contributed by atoms with Gasteiger partial charge in [0.2, 0.25) is 0 Å². The summed E-state index contributed by atoms with van der Waals surface area (Å²) in [5, 5.41) is 9.69. The Labute approximate surface area is 99.8 Å². The Bertz CT molecular complexity index is 307. The summed E-state index contributed by atoms with van der Waals surface area (Å²) < 4.78 is 6.76. The fraction of sp³-hybridized carbons (Fsp3) is 0.444. The van der Waals surface area contributed by atoms with E-state index in [0.717, 1.165) is 8.95 Å². The molecule has 0 aliphatic carbocycles. The largest absolute Gasteiger partial charge is 0.384 e. The summed E-state index contributed by atoms with van der Waals surface area (Å²) in [6, 6.07) is 1.84. The third-order valence-corrected chi connectivity index (χ3v) is 2.70. The van der Waals surface area contributed by atoms with Crippen LogP contribution in [-0.2, 0) is 4.74 Å². The standard InChI is InChI=1S/C9H11Br2NO2/c1-2-14-5-8(13)9-7(11)3-6(10)4-12-9/h3-4,8,13H,2,5H2,1H3. The highest BCUT2D eigenvalue weighted by Crippen LogP contribution is 2.24. The predicted octanol–water partition coefficient (Wildman–Crippen LogP) is 2.68. The number of pyridine rings is 1. The number of halogens is 2. The molecule has 0 saturated heterocycles. The molecule has 0 fully saturated rings. The predicted molar refractivity (Wildman–Crippen MR) is 61.1 cm³/mol. The van der Waals surface area contributed by atoms with Crippen LogP contribution in [0.5, 0.6) is 0 Å². The van der Waals surface area contributed by atoms with Gasteiger partial charge in [0.05, 0.1) is 12.3 Å². The van der Waals surface area contributed by atoms with Crippen molar-refractivity contribution in [3.8, 4) is 0 Å². The Hall–Kier alpha value is 0.0300. The minimum Gasteiger partial charge on any atom is -0.384 e. The molecule has 0 aromatic carbocycles. The zero-order chi connectivity index (χ0) is 10.6. The molecule has 0 saturated carbocycles. The van der Waals surface area contributed by atoms with Crippen LogP contribution in [0.25, 0.3) is 0 Å². The smallest absolute Gasteiger partial charge is 0.120 e. The molecule has 78 valence electrons. The lowest BCUT2D eigenvalue weighted by atomic mass is 10.2. The van der Waals surface area contributed by atoms with Crippen molar-refractivity contribution in [2.24, 2.45) is 0 Å². The monoisotopic (exact) mass is 323 g/mol. The van der Waals surface area contributed by atoms with E-state index in [1.54, 1.807) is 6.20 Å². The van der Waals surface area contributed by atoms with Gasteiger partial charge in [0, 0.05) is 21.7 Å². The highest BCUT2D eigenvalue weighted by Gasteiger charge is 2.12. The Balaban J connectivity index is 2.74. The van der Waals surface area contributed by atoms with E-state index in [2.05, 4.69) is 36.8 Å². The second-order valence-electron chi connectivity index (χ2n) is 2.70. The number of aromatic nitrogens is 1. The van der Waals surface area contributed by atoms with Gasteiger partial charge in [-0.15, -0.1) is 0 Å². The number of rotatable bonds is 4. The van der Waals surface area contributed by atoms with E-state index in [0.29, 0.717) is 12.3 Å². The van der Waals surface area contributed by atoms with E-state index < -0.39 is 6.10 Å². The molecule has 3 nitrogen and oxygen atoms in total. The maximum absolute atomic E-state index is 9.69. The minimum absolute atomic E-state index is 0.268. The number of hydrogen-bond donors (Lipinski definition) is 1. The molecule has 0 bridgehead atoms. The molecule has 1 aromatic rings. The fourth-order valence-corrected chi connectivity index (χ4v) is 2.23. The maximum atomic E-state index is 9.69. The summed E-state index contributed by atoms with van der Waals surface area (Å²) in [5.41, 5.74) is 0.599. The Morgan fingerprint density at radius 2 is 2.29 bits per heavy atom. The molecule has 0 aliphatic heterocycles. The zero-order valence-corrected chi connectivity index (χ0v) is 10.9. The van der Waals surface area contributed by atoms with Crippen LogP contribution in [0.2, 0.25) is 0 Å². The van der Waals surface area contributed by atoms with E-state index in [1.165, 1.54) is 0 Å². The van der Waals surface area contributed by atoms with E-state index in [9.17, 15) is 5.11 Å². The van der Waals surface area contributed by atoms with Crippen LogP contribution in [0, 0.1) is 0 Å². The molecule has 1 atom stereocenters. The molecule has 1 rings (SSSR count). The molecule has 14 heavy (non-hydrogen) atoms. The first-order chi connectivity index (χ1) is 6.65. The highest BCUT2D eigenvalue weighted by molar-refractivity contribution is 9.11. The lowest BCUT2D eigenvalue weighted by Crippen LogP contribution is -2.09. The summed E-state index contributed by atoms with van der Waals surface area (Å²) in [6.45, 7) is 2.74. The molecular weight excluding hydrogens is 314 g/mol. The van der Waals surface area contributed by atoms with Gasteiger partial charge in [-0.25, -0.2) is 0 Å². The number of aliphatic hydroxyl groups is 1. The van der Waals surface area contributed by atoms with Crippen LogP contribution in [-0.4, -0.2) is 23.3 Å². The van der Waals surface area contributed by atoms with E-state index in [4.69, 9.17) is 4.74 Å². The molecule has 1 N–H and O–H groups in total. The number of hydrogen-bond acceptors (Lipinski definition) is 3. The number of nitrogens with zero attached hydrogens (tertiary/aromatic N) is 1. The summed E-state index contributed by atoms with van der Waals surface area (Å²) in [5.74, 6) is 0. The third-order valence-electron chi connectivity index (χ3n) is 1.63. The number of ether oxygens (including phenoxy) is 1. The molecular formula is C9H11Br2NO2. The molecule has 0 amide bonds. The fourth-order valence-electron chi connectivity index (χ4n) is 0.979. The van der Waals surface area contributed by atoms with E-state index in [-0.39, 0.29) is 6.61 Å². The molecule has 0 spiro atoms. The van der Waals surface area contributed by atoms with Crippen molar-refractivity contribution in [3.63, 3.8) is 0 Å². The van der Waals surface area contributed by atoms with Crippen LogP contribution in [0.4, 0.5) is 0 Å². The Kier molecular flexibility index (Phi) is 5.01. The molecule has 0 radical (unpaired) electrons. The van der Waals surface area contributed by atoms with Crippen molar-refractivity contribution in [1.82, 2.24) is 4.98 Å². The first kappa shape index (κ1) is 12.1. The van der Waals surface area contributed by atoms with Crippen LogP contribution in [0.15, 0.2) is 21.2 Å². The summed E-state index contributed by atoms with van der Waals surface area (Å²) in [4.78, 5) is 4.11. The number of aliphatic hydroxyl groups excluding tert-OH is 1. The SMILES string of the molecule is CCOCC(O)c1ncc(Br)cc1Br. The summed E-state index contributed by atoms with van der Waals surface area (Å²) >= 11 is 6.62. The van der Waals surface area contributed by atoms with Crippen molar-refractivity contribution in [3.05, 3.63) is 26.9 Å². The van der Waals surface area contributed by atoms with Crippen molar-refractivity contribution in [2.45, 2.75) is 13.0 Å². The van der Waals surface area contributed by atoms with E-state index in [1.807, 2.05) is 13.0 Å². The Morgan fingerprint density at radius 1 is 1.57 bits per heavy atom. The van der Waals surface area contributed by atoms with Gasteiger partial charge in [0.15, 0.2) is 0 Å². The van der Waals surface area contributed by atoms with Crippen LogP contribution >= 0.6 is 31.9 Å². The molecule has 5 heteroatoms. The van der Waals surface area contributed by atoms with Crippen LogP contribution < -0.4 is 0 Å². The van der Waals surface area contributed by atoms with Crippen LogP contribution in [0.1, 0.15) is 18.7 Å². The quantitative estimate of drug-likeness (QED) is 0.926. The first-order valence-corrected chi connectivity index (χ1v) is 5.80. The van der Waals surface area contributed by atoms with Gasteiger partial charge in [-0.05, 0) is 44.8 Å². The third kappa shape index (κ3) is 3.31. The second-order valence-corrected chi connectivity index (χ2v) is 4.47. The van der Waals surface area contributed by atoms with Gasteiger partial charge in [-0.3, -0.25) is 4.98 Å². The van der Waals surface area contributed by atoms with Crippen molar-refractivity contribution >= 4 is 31.9 Å². The maximum Gasteiger partial charge on any atom is 0.120 e. The summed E-state index contributed by atoms with van der Waals surface area (Å²) in [6.07, 6.45) is 0.965. The second kappa shape index (κ2) is 5.80. The lowest BCUT2D eigenvalue weighted by molar-refractivity contribution is 0.0393. The van der Waals surface area contributed by atoms with Gasteiger partial charge < -0.3 is 9.84 Å². The average molecular weight is 325 g/mol. The van der Waals surface area contributed by atoms with Gasteiger partial charge in [-0.1, -0.05) is 0 Å². The first-order valence-electron chi connectivity index (χ1n) is 4.22. The molecule has 1 unspecified atom stereocenters. The zero-order valence-electron chi connectivity index (χ0n) is 7.70. The lowest BCUT2D eigenvalue weighted by Gasteiger charge is -2.11. The molecule has 0 aliphatic rings. The normalized spacial score (nSPS) is 12.9. The van der Waals surface area contributed by atoms with Crippen LogP contribution in [0.3, 0.4) is 0 Å². The topological polar surface area (TPSA) is 42.4 Å². The van der Waals surface area contributed by atoms with Crippen molar-refractivity contribution in [1.29, 1.82) is 0 Å². The van der Waals surface area contributed by atoms with Gasteiger partial charge >= 0.3 is 0 Å². The van der Waals surface area contributed by atoms with Gasteiger partial charge in [0.1, 0.15) is 6.10 Å². The van der Waals surface area contributed by atoms with Crippen molar-refractivity contribution < 1.29 is 9.84 Å². The van der Waals surface area contributed by atoms with Gasteiger partial charge in [-0.2, -0.15) is 0 Å². The highest BCUT2D eigenvalue weighted by atomic mass is 79.9. The molecule has 1 heterocycles. The molecule has 1 aromatic heterocycles.